The van der Waals surface area contributed by atoms with Crippen LogP contribution < -0.4 is 11.1 Å². The second-order valence-electron chi connectivity index (χ2n) is 4.33. The number of nitrogens with two attached hydrogens (primary N) is 1. The van der Waals surface area contributed by atoms with E-state index in [1.54, 1.807) is 4.68 Å². The van der Waals surface area contributed by atoms with E-state index >= 15 is 0 Å². The number of aromatic nitrogens is 2. The zero-order valence-electron chi connectivity index (χ0n) is 10.2. The number of hydrogen-bond acceptors (Lipinski definition) is 4. The summed E-state index contributed by atoms with van der Waals surface area (Å²) in [6.07, 6.45) is 2.00. The fraction of sp³-hybridized carbons (Fsp3) is 0.636. The predicted molar refractivity (Wildman–Crippen MR) is 71.3 cm³/mol. The first-order valence-corrected chi connectivity index (χ1v) is 6.18. The summed E-state index contributed by atoms with van der Waals surface area (Å²) >= 11 is 5.08. The molecular formula is C11H18N4OS. The third-order valence-corrected chi connectivity index (χ3v) is 3.23. The van der Waals surface area contributed by atoms with Crippen LogP contribution in [0.25, 0.3) is 0 Å². The molecule has 0 bridgehead atoms. The van der Waals surface area contributed by atoms with E-state index in [1.165, 1.54) is 0 Å². The van der Waals surface area contributed by atoms with Crippen molar-refractivity contribution in [3.63, 3.8) is 0 Å². The third-order valence-electron chi connectivity index (χ3n) is 3.03. The maximum Gasteiger partial charge on any atom is 0.134 e. The van der Waals surface area contributed by atoms with Gasteiger partial charge in [-0.05, 0) is 19.8 Å². The zero-order chi connectivity index (χ0) is 12.4. The number of hydrogen-bond donors (Lipinski definition) is 2. The molecule has 0 unspecified atom stereocenters. The van der Waals surface area contributed by atoms with Crippen molar-refractivity contribution in [2.24, 2.45) is 12.8 Å². The average molecular weight is 254 g/mol. The SMILES string of the molecule is Cc1nn(C)c(NC2CCOCC2)c1C(N)=S. The van der Waals surface area contributed by atoms with Gasteiger partial charge in [-0.25, -0.2) is 0 Å². The smallest absolute Gasteiger partial charge is 0.134 e. The molecule has 2 rings (SSSR count). The van der Waals surface area contributed by atoms with E-state index < -0.39 is 0 Å². The maximum absolute atomic E-state index is 5.75. The van der Waals surface area contributed by atoms with E-state index in [1.807, 2.05) is 14.0 Å². The topological polar surface area (TPSA) is 65.1 Å². The predicted octanol–water partition coefficient (Wildman–Crippen LogP) is 0.954. The first kappa shape index (κ1) is 12.3. The van der Waals surface area contributed by atoms with Crippen LogP contribution in [0.3, 0.4) is 0 Å². The van der Waals surface area contributed by atoms with Gasteiger partial charge >= 0.3 is 0 Å². The number of anilines is 1. The summed E-state index contributed by atoms with van der Waals surface area (Å²) in [7, 11) is 1.90. The summed E-state index contributed by atoms with van der Waals surface area (Å²) in [6.45, 7) is 3.53. The lowest BCUT2D eigenvalue weighted by Gasteiger charge is -2.24. The fourth-order valence-corrected chi connectivity index (χ4v) is 2.40. The Morgan fingerprint density at radius 3 is 2.76 bits per heavy atom. The molecule has 1 aromatic rings. The molecule has 0 saturated carbocycles. The number of nitrogens with one attached hydrogen (secondary N) is 1. The lowest BCUT2D eigenvalue weighted by Crippen LogP contribution is -2.29. The molecule has 1 fully saturated rings. The molecule has 6 heteroatoms. The van der Waals surface area contributed by atoms with Crippen LogP contribution in [0.1, 0.15) is 24.1 Å². The van der Waals surface area contributed by atoms with Gasteiger partial charge in [-0.2, -0.15) is 5.10 Å². The summed E-state index contributed by atoms with van der Waals surface area (Å²) in [5, 5.41) is 7.83. The van der Waals surface area contributed by atoms with Crippen molar-refractivity contribution in [2.45, 2.75) is 25.8 Å². The molecule has 94 valence electrons. The van der Waals surface area contributed by atoms with Crippen LogP contribution in [0.4, 0.5) is 5.82 Å². The second-order valence-corrected chi connectivity index (χ2v) is 4.77. The van der Waals surface area contributed by atoms with Crippen molar-refractivity contribution in [3.8, 4) is 0 Å². The molecule has 0 amide bonds. The van der Waals surface area contributed by atoms with Crippen molar-refractivity contribution >= 4 is 23.0 Å². The standard InChI is InChI=1S/C11H18N4OS/c1-7-9(10(12)17)11(15(2)14-7)13-8-3-5-16-6-4-8/h8,13H,3-6H2,1-2H3,(H2,12,17). The minimum Gasteiger partial charge on any atom is -0.389 e. The molecule has 3 N–H and O–H groups in total. The van der Waals surface area contributed by atoms with Gasteiger partial charge in [0.1, 0.15) is 10.8 Å². The van der Waals surface area contributed by atoms with Crippen LogP contribution in [0.15, 0.2) is 0 Å². The van der Waals surface area contributed by atoms with E-state index in [4.69, 9.17) is 22.7 Å². The normalized spacial score (nSPS) is 17.1. The molecule has 5 nitrogen and oxygen atoms in total. The number of nitrogens with zero attached hydrogens (tertiary/aromatic N) is 2. The maximum atomic E-state index is 5.75. The molecule has 1 aromatic heterocycles. The molecule has 0 spiro atoms. The van der Waals surface area contributed by atoms with Gasteiger partial charge in [-0.1, -0.05) is 12.2 Å². The molecule has 0 atom stereocenters. The molecular weight excluding hydrogens is 236 g/mol. The van der Waals surface area contributed by atoms with Gasteiger partial charge in [0, 0.05) is 26.3 Å². The van der Waals surface area contributed by atoms with Gasteiger partial charge in [0.15, 0.2) is 0 Å². The lowest BCUT2D eigenvalue weighted by atomic mass is 10.1. The Kier molecular flexibility index (Phi) is 3.63. The number of thiocarbonyl (C=S) groups is 1. The first-order valence-electron chi connectivity index (χ1n) is 5.77. The molecule has 17 heavy (non-hydrogen) atoms. The van der Waals surface area contributed by atoms with E-state index in [9.17, 15) is 0 Å². The highest BCUT2D eigenvalue weighted by atomic mass is 32.1. The highest BCUT2D eigenvalue weighted by molar-refractivity contribution is 7.80. The Morgan fingerprint density at radius 2 is 2.18 bits per heavy atom. The van der Waals surface area contributed by atoms with Gasteiger partial charge < -0.3 is 15.8 Å². The molecule has 0 aliphatic carbocycles. The van der Waals surface area contributed by atoms with Gasteiger partial charge in [0.25, 0.3) is 0 Å². The van der Waals surface area contributed by atoms with Crippen LogP contribution in [0, 0.1) is 6.92 Å². The third kappa shape index (κ3) is 2.58. The monoisotopic (exact) mass is 254 g/mol. The van der Waals surface area contributed by atoms with E-state index in [0.29, 0.717) is 11.0 Å². The lowest BCUT2D eigenvalue weighted by molar-refractivity contribution is 0.0903. The quantitative estimate of drug-likeness (QED) is 0.786. The van der Waals surface area contributed by atoms with Crippen LogP contribution >= 0.6 is 12.2 Å². The molecule has 2 heterocycles. The first-order chi connectivity index (χ1) is 8.09. The van der Waals surface area contributed by atoms with Crippen LogP contribution in [0.2, 0.25) is 0 Å². The van der Waals surface area contributed by atoms with Gasteiger partial charge in [0.05, 0.1) is 11.3 Å². The van der Waals surface area contributed by atoms with Gasteiger partial charge in [-0.15, -0.1) is 0 Å². The van der Waals surface area contributed by atoms with Crippen molar-refractivity contribution in [1.82, 2.24) is 9.78 Å². The Morgan fingerprint density at radius 1 is 1.53 bits per heavy atom. The Hall–Kier alpha value is -1.14. The van der Waals surface area contributed by atoms with Crippen LogP contribution in [0.5, 0.6) is 0 Å². The van der Waals surface area contributed by atoms with Crippen molar-refractivity contribution < 1.29 is 4.74 Å². The van der Waals surface area contributed by atoms with Crippen molar-refractivity contribution in [2.75, 3.05) is 18.5 Å². The minimum atomic E-state index is 0.394. The van der Waals surface area contributed by atoms with E-state index in [2.05, 4.69) is 10.4 Å². The summed E-state index contributed by atoms with van der Waals surface area (Å²) < 4.78 is 7.14. The number of ether oxygens (including phenoxy) is 1. The molecule has 1 aliphatic rings. The van der Waals surface area contributed by atoms with Crippen LogP contribution in [-0.4, -0.2) is 34.0 Å². The summed E-state index contributed by atoms with van der Waals surface area (Å²) in [4.78, 5) is 0.394. The number of aryl methyl sites for hydroxylation is 2. The highest BCUT2D eigenvalue weighted by Crippen LogP contribution is 2.21. The Bertz CT molecular complexity index is 423. The van der Waals surface area contributed by atoms with Gasteiger partial charge in [0.2, 0.25) is 0 Å². The second kappa shape index (κ2) is 5.01. The molecule has 1 aliphatic heterocycles. The van der Waals surface area contributed by atoms with E-state index in [0.717, 1.165) is 43.1 Å². The van der Waals surface area contributed by atoms with Gasteiger partial charge in [-0.3, -0.25) is 4.68 Å². The van der Waals surface area contributed by atoms with Crippen molar-refractivity contribution in [1.29, 1.82) is 0 Å². The largest absolute Gasteiger partial charge is 0.389 e. The Labute approximate surface area is 106 Å². The zero-order valence-corrected chi connectivity index (χ0v) is 11.0. The molecule has 0 radical (unpaired) electrons. The van der Waals surface area contributed by atoms with Crippen LogP contribution in [-0.2, 0) is 11.8 Å². The molecule has 1 saturated heterocycles. The number of rotatable bonds is 3. The highest BCUT2D eigenvalue weighted by Gasteiger charge is 2.20. The summed E-state index contributed by atoms with van der Waals surface area (Å²) in [5.74, 6) is 0.918. The summed E-state index contributed by atoms with van der Waals surface area (Å²) in [5.41, 5.74) is 7.47. The summed E-state index contributed by atoms with van der Waals surface area (Å²) in [6, 6.07) is 0.409. The van der Waals surface area contributed by atoms with Crippen molar-refractivity contribution in [3.05, 3.63) is 11.3 Å². The Balaban J connectivity index is 2.21. The molecule has 0 aromatic carbocycles. The average Bonchev–Trinajstić information content (AvgIpc) is 2.55. The fourth-order valence-electron chi connectivity index (χ4n) is 2.15. The minimum absolute atomic E-state index is 0.394. The van der Waals surface area contributed by atoms with E-state index in [-0.39, 0.29) is 0 Å².